The number of carboxylic acids is 3. The second kappa shape index (κ2) is 25.3. The number of carbonyl (C=O) groups is 10. The molecule has 2 aromatic rings. The van der Waals surface area contributed by atoms with Crippen molar-refractivity contribution in [3.63, 3.8) is 0 Å². The molecule has 0 unspecified atom stereocenters. The van der Waals surface area contributed by atoms with Crippen LogP contribution in [0.25, 0.3) is 10.9 Å². The maximum Gasteiger partial charge on any atom is 0.326 e. The normalized spacial score (nSPS) is 16.0. The number of hydrogen-bond acceptors (Lipinski definition) is 15. The standard InChI is InChI=1S/C41H53F2N13O13/c42-40(43)16-21(18-45)56(20-40)30(59)19-51-34(64)23-11-14-49-33-22(23)5-3-7-24(33)52-29(58)10-9-28(57)41(48,17-32(62)63)38(69)55-25(8-4-13-50-39(46)47)35(65)54-27(15-31(60)61)36(66)53-26(37(67)68)6-1-2-12-44/h3,5,7,11,14,21,25-27H,1-2,4,6,8-10,12-13,15-17,19-20,44,48H2,(H,51,64)(H,52,58)(H,53,66)(H,54,65)(H,55,69)(H,60,61)(H,62,63)(H,67,68)(H4,46,47,50)/t21-,25-,26-,27-,41+/m1/s1. The molecule has 0 radical (unpaired) electrons. The number of halogens is 2. The van der Waals surface area contributed by atoms with Crippen molar-refractivity contribution >= 4 is 81.7 Å². The Bertz CT molecular complexity index is 2380. The number of carboxylic acid groups (broad SMARTS) is 3. The Balaban J connectivity index is 1.78. The summed E-state index contributed by atoms with van der Waals surface area (Å²) in [5.74, 6) is -16.4. The van der Waals surface area contributed by atoms with Gasteiger partial charge in [-0.05, 0) is 50.8 Å². The second-order valence-corrected chi connectivity index (χ2v) is 15.8. The first-order chi connectivity index (χ1) is 32.4. The quantitative estimate of drug-likeness (QED) is 0.0189. The number of anilines is 1. The lowest BCUT2D eigenvalue weighted by molar-refractivity contribution is -0.147. The highest BCUT2D eigenvalue weighted by molar-refractivity contribution is 6.15. The van der Waals surface area contributed by atoms with Crippen LogP contribution in [0.4, 0.5) is 14.5 Å². The minimum absolute atomic E-state index is 0.00340. The van der Waals surface area contributed by atoms with Gasteiger partial charge in [0.2, 0.25) is 29.5 Å². The van der Waals surface area contributed by atoms with Crippen LogP contribution >= 0.6 is 0 Å². The van der Waals surface area contributed by atoms with Gasteiger partial charge in [-0.2, -0.15) is 5.26 Å². The molecule has 0 aliphatic carbocycles. The number of nitrogens with two attached hydrogens (primary N) is 4. The van der Waals surface area contributed by atoms with Crippen molar-refractivity contribution in [3.8, 4) is 6.07 Å². The number of para-hydroxylation sites is 1. The zero-order chi connectivity index (χ0) is 51.6. The van der Waals surface area contributed by atoms with Gasteiger partial charge in [0.15, 0.2) is 17.3 Å². The molecule has 1 saturated heterocycles. The predicted molar refractivity (Wildman–Crippen MR) is 235 cm³/mol. The van der Waals surface area contributed by atoms with Gasteiger partial charge in [0.1, 0.15) is 24.2 Å². The molecular formula is C41H53F2N13O13. The molecule has 1 aliphatic heterocycles. The van der Waals surface area contributed by atoms with Crippen molar-refractivity contribution in [2.24, 2.45) is 27.9 Å². The van der Waals surface area contributed by atoms with Crippen molar-refractivity contribution in [2.45, 2.75) is 99.8 Å². The van der Waals surface area contributed by atoms with Gasteiger partial charge >= 0.3 is 17.9 Å². The summed E-state index contributed by atoms with van der Waals surface area (Å²) < 4.78 is 27.7. The zero-order valence-corrected chi connectivity index (χ0v) is 36.9. The highest BCUT2D eigenvalue weighted by Crippen LogP contribution is 2.32. The molecule has 1 aliphatic rings. The third-order valence-corrected chi connectivity index (χ3v) is 10.5. The van der Waals surface area contributed by atoms with Crippen molar-refractivity contribution in [1.82, 2.24) is 31.2 Å². The zero-order valence-electron chi connectivity index (χ0n) is 36.9. The number of likely N-dealkylation sites (tertiary alicyclic amines) is 1. The molecule has 16 N–H and O–H groups in total. The number of unbranched alkanes of at least 4 members (excludes halogenated alkanes) is 1. The number of guanidine groups is 1. The molecule has 0 spiro atoms. The summed E-state index contributed by atoms with van der Waals surface area (Å²) in [6.45, 7) is -1.64. The number of alkyl halides is 2. The first-order valence-corrected chi connectivity index (χ1v) is 21.1. The first kappa shape index (κ1) is 55.4. The van der Waals surface area contributed by atoms with E-state index >= 15 is 0 Å². The minimum atomic E-state index is -3.28. The monoisotopic (exact) mass is 973 g/mol. The Morgan fingerprint density at radius 1 is 0.913 bits per heavy atom. The number of Topliss-reactive ketones (excluding diaryl/α,β-unsaturated/α-hetero) is 1. The molecule has 1 fully saturated rings. The number of nitriles is 1. The van der Waals surface area contributed by atoms with Crippen LogP contribution in [0.3, 0.4) is 0 Å². The molecule has 0 bridgehead atoms. The van der Waals surface area contributed by atoms with Crippen LogP contribution in [0.5, 0.6) is 0 Å². The van der Waals surface area contributed by atoms with Crippen LogP contribution in [0.15, 0.2) is 35.5 Å². The van der Waals surface area contributed by atoms with E-state index < -0.39 is 140 Å². The Morgan fingerprint density at radius 2 is 1.58 bits per heavy atom. The van der Waals surface area contributed by atoms with Crippen molar-refractivity contribution < 1.29 is 72.0 Å². The third kappa shape index (κ3) is 16.4. The summed E-state index contributed by atoms with van der Waals surface area (Å²) in [7, 11) is 0. The predicted octanol–water partition coefficient (Wildman–Crippen LogP) is -2.62. The number of rotatable bonds is 27. The number of aliphatic imine (C=N–C) groups is 1. The summed E-state index contributed by atoms with van der Waals surface area (Å²) in [6, 6.07) is 0.558. The van der Waals surface area contributed by atoms with E-state index in [2.05, 4.69) is 36.6 Å². The lowest BCUT2D eigenvalue weighted by Gasteiger charge is -2.29. The number of amides is 6. The number of ketones is 1. The molecule has 69 heavy (non-hydrogen) atoms. The number of pyridine rings is 1. The van der Waals surface area contributed by atoms with Gasteiger partial charge in [-0.1, -0.05) is 12.1 Å². The number of fused-ring (bicyclic) bond motifs is 1. The molecule has 26 nitrogen and oxygen atoms in total. The Kier molecular flexibility index (Phi) is 20.3. The number of hydrogen-bond donors (Lipinski definition) is 12. The fraction of sp³-hybridized carbons (Fsp3) is 0.488. The van der Waals surface area contributed by atoms with Gasteiger partial charge in [0.25, 0.3) is 11.8 Å². The van der Waals surface area contributed by atoms with E-state index in [-0.39, 0.29) is 66.9 Å². The number of aromatic nitrogens is 1. The van der Waals surface area contributed by atoms with Crippen LogP contribution in [0.2, 0.25) is 0 Å². The van der Waals surface area contributed by atoms with Crippen molar-refractivity contribution in [1.29, 1.82) is 5.26 Å². The van der Waals surface area contributed by atoms with Gasteiger partial charge < -0.3 is 69.7 Å². The molecule has 1 aromatic heterocycles. The van der Waals surface area contributed by atoms with Gasteiger partial charge in [-0.3, -0.25) is 53.1 Å². The first-order valence-electron chi connectivity index (χ1n) is 21.1. The van der Waals surface area contributed by atoms with Gasteiger partial charge in [-0.15, -0.1) is 0 Å². The highest BCUT2D eigenvalue weighted by Gasteiger charge is 2.47. The summed E-state index contributed by atoms with van der Waals surface area (Å²) in [5, 5.41) is 49.4. The topological polar surface area (TPSA) is 448 Å². The molecule has 3 rings (SSSR count). The third-order valence-electron chi connectivity index (χ3n) is 10.5. The molecular weight excluding hydrogens is 921 g/mol. The molecule has 6 amide bonds. The summed E-state index contributed by atoms with van der Waals surface area (Å²) in [5.41, 5.74) is 19.3. The number of nitrogens with one attached hydrogen (secondary N) is 5. The molecule has 2 heterocycles. The average molecular weight is 974 g/mol. The smallest absolute Gasteiger partial charge is 0.326 e. The molecule has 28 heteroatoms. The molecule has 1 aromatic carbocycles. The number of aliphatic carboxylic acids is 3. The van der Waals surface area contributed by atoms with Crippen LogP contribution in [0, 0.1) is 11.3 Å². The second-order valence-electron chi connectivity index (χ2n) is 15.8. The van der Waals surface area contributed by atoms with Gasteiger partial charge in [0.05, 0.1) is 48.8 Å². The van der Waals surface area contributed by atoms with E-state index in [0.717, 1.165) is 0 Å². The molecule has 374 valence electrons. The fourth-order valence-corrected chi connectivity index (χ4v) is 6.97. The molecule has 5 atom stereocenters. The van der Waals surface area contributed by atoms with E-state index in [1.807, 2.05) is 0 Å². The lowest BCUT2D eigenvalue weighted by atomic mass is 9.87. The van der Waals surface area contributed by atoms with Crippen LogP contribution < -0.4 is 49.5 Å². The summed E-state index contributed by atoms with van der Waals surface area (Å²) >= 11 is 0. The summed E-state index contributed by atoms with van der Waals surface area (Å²) in [6.07, 6.45) is -3.55. The largest absolute Gasteiger partial charge is 0.481 e. The van der Waals surface area contributed by atoms with E-state index in [0.29, 0.717) is 11.3 Å². The maximum atomic E-state index is 13.9. The number of carbonyl (C=O) groups excluding carboxylic acids is 7. The van der Waals surface area contributed by atoms with Gasteiger partial charge in [0, 0.05) is 37.4 Å². The van der Waals surface area contributed by atoms with Gasteiger partial charge in [-0.25, -0.2) is 13.6 Å². The van der Waals surface area contributed by atoms with Crippen LogP contribution in [-0.4, -0.2) is 152 Å². The Morgan fingerprint density at radius 3 is 2.20 bits per heavy atom. The summed E-state index contributed by atoms with van der Waals surface area (Å²) in [4.78, 5) is 137. The van der Waals surface area contributed by atoms with E-state index in [1.165, 1.54) is 30.5 Å². The number of nitrogens with zero attached hydrogens (tertiary/aromatic N) is 4. The Hall–Kier alpha value is -7.93. The van der Waals surface area contributed by atoms with Crippen molar-refractivity contribution in [2.75, 3.05) is 31.5 Å². The highest BCUT2D eigenvalue weighted by atomic mass is 19.3. The van der Waals surface area contributed by atoms with Crippen LogP contribution in [-0.2, 0) is 43.2 Å². The van der Waals surface area contributed by atoms with E-state index in [4.69, 9.17) is 22.9 Å². The minimum Gasteiger partial charge on any atom is -0.481 e. The maximum absolute atomic E-state index is 13.9. The molecule has 0 saturated carbocycles. The van der Waals surface area contributed by atoms with E-state index in [9.17, 15) is 77.3 Å². The lowest BCUT2D eigenvalue weighted by Crippen LogP contribution is -2.64. The van der Waals surface area contributed by atoms with Crippen molar-refractivity contribution in [3.05, 3.63) is 36.0 Å². The van der Waals surface area contributed by atoms with Crippen LogP contribution in [0.1, 0.15) is 74.6 Å². The Labute approximate surface area is 390 Å². The SMILES string of the molecule is N#C[C@H]1CC(F)(F)CN1C(=O)CNC(=O)c1ccnc2c(NC(=O)CCC(=O)[C@@](N)(CC(=O)O)C(=O)N[C@H](CCCN=C(N)N)C(=O)N[C@H](CC(=O)O)C(=O)N[C@H](CCCCN)C(=O)O)cccc12. The van der Waals surface area contributed by atoms with E-state index in [1.54, 1.807) is 6.07 Å². The fourth-order valence-electron chi connectivity index (χ4n) is 6.97. The average Bonchev–Trinajstić information content (AvgIpc) is 3.61. The number of benzene rings is 1.